The number of hydrogen-bond donors (Lipinski definition) is 2. The molecule has 0 spiro atoms. The Balaban J connectivity index is 2.63. The molecular formula is C11H14ClN3O. The third-order valence-electron chi connectivity index (χ3n) is 1.81. The second-order valence-electron chi connectivity index (χ2n) is 3.59. The highest BCUT2D eigenvalue weighted by molar-refractivity contribution is 6.31. The Morgan fingerprint density at radius 1 is 1.38 bits per heavy atom. The molecule has 0 aromatic heterocycles. The maximum Gasteiger partial charge on any atom is 0.339 e. The fourth-order valence-corrected chi connectivity index (χ4v) is 1.17. The van der Waals surface area contributed by atoms with Gasteiger partial charge in [0.1, 0.15) is 0 Å². The zero-order chi connectivity index (χ0) is 12.1. The van der Waals surface area contributed by atoms with Crippen LogP contribution in [0.5, 0.6) is 0 Å². The predicted molar refractivity (Wildman–Crippen MR) is 67.1 cm³/mol. The number of amides is 2. The van der Waals surface area contributed by atoms with E-state index in [4.69, 9.17) is 11.6 Å². The first-order valence-corrected chi connectivity index (χ1v) is 5.21. The van der Waals surface area contributed by atoms with Gasteiger partial charge in [0.25, 0.3) is 0 Å². The molecule has 0 unspecified atom stereocenters. The summed E-state index contributed by atoms with van der Waals surface area (Å²) in [6, 6.07) is 4.93. The van der Waals surface area contributed by atoms with Gasteiger partial charge in [-0.1, -0.05) is 17.7 Å². The zero-order valence-corrected chi connectivity index (χ0v) is 10.2. The molecule has 1 aromatic rings. The molecule has 86 valence electrons. The summed E-state index contributed by atoms with van der Waals surface area (Å²) in [4.78, 5) is 11.3. The number of urea groups is 1. The molecule has 0 fully saturated rings. The van der Waals surface area contributed by atoms with E-state index in [0.29, 0.717) is 10.7 Å². The number of hydrogen-bond acceptors (Lipinski definition) is 2. The summed E-state index contributed by atoms with van der Waals surface area (Å²) in [5.74, 6) is 0. The van der Waals surface area contributed by atoms with Crippen LogP contribution >= 0.6 is 11.6 Å². The van der Waals surface area contributed by atoms with Gasteiger partial charge in [-0.15, -0.1) is 0 Å². The van der Waals surface area contributed by atoms with Crippen LogP contribution in [0.25, 0.3) is 0 Å². The molecule has 0 saturated heterocycles. The summed E-state index contributed by atoms with van der Waals surface area (Å²) in [7, 11) is 0. The predicted octanol–water partition coefficient (Wildman–Crippen LogP) is 3.17. The van der Waals surface area contributed by atoms with Crippen LogP contribution in [0, 0.1) is 6.92 Å². The summed E-state index contributed by atoms with van der Waals surface area (Å²) >= 11 is 5.93. The lowest BCUT2D eigenvalue weighted by Gasteiger charge is -2.06. The molecule has 0 radical (unpaired) electrons. The van der Waals surface area contributed by atoms with Gasteiger partial charge in [0, 0.05) is 16.4 Å². The fourth-order valence-electron chi connectivity index (χ4n) is 0.992. The van der Waals surface area contributed by atoms with Crippen LogP contribution in [-0.2, 0) is 0 Å². The normalized spacial score (nSPS) is 9.50. The number of nitrogens with zero attached hydrogens (tertiary/aromatic N) is 1. The third kappa shape index (κ3) is 3.90. The SMILES string of the molecule is CC(C)=NNC(=O)Nc1ccc(C)c(Cl)c1. The van der Waals surface area contributed by atoms with Crippen LogP contribution in [0.15, 0.2) is 23.3 Å². The summed E-state index contributed by atoms with van der Waals surface area (Å²) in [6.07, 6.45) is 0. The van der Waals surface area contributed by atoms with Crippen LogP contribution < -0.4 is 10.7 Å². The number of nitrogens with one attached hydrogen (secondary N) is 2. The number of anilines is 1. The van der Waals surface area contributed by atoms with Crippen LogP contribution in [-0.4, -0.2) is 11.7 Å². The molecule has 5 heteroatoms. The van der Waals surface area contributed by atoms with Crippen molar-refractivity contribution in [1.29, 1.82) is 0 Å². The summed E-state index contributed by atoms with van der Waals surface area (Å²) in [5.41, 5.74) is 4.74. The van der Waals surface area contributed by atoms with Gasteiger partial charge < -0.3 is 5.32 Å². The highest BCUT2D eigenvalue weighted by Gasteiger charge is 2.02. The molecule has 4 nitrogen and oxygen atoms in total. The molecule has 0 bridgehead atoms. The van der Waals surface area contributed by atoms with Crippen molar-refractivity contribution in [3.05, 3.63) is 28.8 Å². The maximum atomic E-state index is 11.3. The van der Waals surface area contributed by atoms with Gasteiger partial charge in [-0.2, -0.15) is 5.10 Å². The Bertz CT molecular complexity index is 425. The molecule has 0 heterocycles. The number of halogens is 1. The lowest BCUT2D eigenvalue weighted by Crippen LogP contribution is -2.24. The van der Waals surface area contributed by atoms with Crippen molar-refractivity contribution >= 4 is 29.0 Å². The summed E-state index contributed by atoms with van der Waals surface area (Å²) in [6.45, 7) is 5.49. The van der Waals surface area contributed by atoms with E-state index in [0.717, 1.165) is 11.3 Å². The Morgan fingerprint density at radius 3 is 2.62 bits per heavy atom. The van der Waals surface area contributed by atoms with Crippen molar-refractivity contribution < 1.29 is 4.79 Å². The van der Waals surface area contributed by atoms with Crippen molar-refractivity contribution in [2.75, 3.05) is 5.32 Å². The molecule has 0 saturated carbocycles. The van der Waals surface area contributed by atoms with Crippen LogP contribution in [0.2, 0.25) is 5.02 Å². The highest BCUT2D eigenvalue weighted by atomic mass is 35.5. The first kappa shape index (κ1) is 12.5. The van der Waals surface area contributed by atoms with Gasteiger partial charge in [-0.3, -0.25) is 0 Å². The van der Waals surface area contributed by atoms with Crippen molar-refractivity contribution in [2.45, 2.75) is 20.8 Å². The standard InChI is InChI=1S/C11H14ClN3O/c1-7(2)14-15-11(16)13-9-5-4-8(3)10(12)6-9/h4-6H,1-3H3,(H2,13,15,16). The highest BCUT2D eigenvalue weighted by Crippen LogP contribution is 2.19. The van der Waals surface area contributed by atoms with Crippen molar-refractivity contribution in [1.82, 2.24) is 5.43 Å². The van der Waals surface area contributed by atoms with E-state index in [-0.39, 0.29) is 6.03 Å². The number of rotatable bonds is 2. The number of aryl methyl sites for hydroxylation is 1. The second-order valence-corrected chi connectivity index (χ2v) is 4.00. The van der Waals surface area contributed by atoms with Gasteiger partial charge in [-0.05, 0) is 38.5 Å². The monoisotopic (exact) mass is 239 g/mol. The van der Waals surface area contributed by atoms with E-state index >= 15 is 0 Å². The van der Waals surface area contributed by atoms with E-state index in [1.54, 1.807) is 26.0 Å². The van der Waals surface area contributed by atoms with E-state index in [1.165, 1.54) is 0 Å². The van der Waals surface area contributed by atoms with E-state index < -0.39 is 0 Å². The molecular weight excluding hydrogens is 226 g/mol. The van der Waals surface area contributed by atoms with Gasteiger partial charge in [0.15, 0.2) is 0 Å². The first-order valence-electron chi connectivity index (χ1n) is 4.83. The number of carbonyl (C=O) groups is 1. The Hall–Kier alpha value is -1.55. The number of carbonyl (C=O) groups excluding carboxylic acids is 1. The number of hydrazone groups is 1. The fraction of sp³-hybridized carbons (Fsp3) is 0.273. The Labute approximate surface area is 99.7 Å². The van der Waals surface area contributed by atoms with Gasteiger partial charge >= 0.3 is 6.03 Å². The van der Waals surface area contributed by atoms with Crippen LogP contribution in [0.4, 0.5) is 10.5 Å². The summed E-state index contributed by atoms with van der Waals surface area (Å²) < 4.78 is 0. The lowest BCUT2D eigenvalue weighted by molar-refractivity contribution is 0.252. The first-order chi connectivity index (χ1) is 7.49. The Morgan fingerprint density at radius 2 is 2.06 bits per heavy atom. The van der Waals surface area contributed by atoms with Gasteiger partial charge in [0.2, 0.25) is 0 Å². The molecule has 2 N–H and O–H groups in total. The molecule has 0 atom stereocenters. The molecule has 0 aliphatic rings. The van der Waals surface area contributed by atoms with E-state index in [9.17, 15) is 4.79 Å². The zero-order valence-electron chi connectivity index (χ0n) is 9.47. The van der Waals surface area contributed by atoms with Crippen molar-refractivity contribution in [2.24, 2.45) is 5.10 Å². The van der Waals surface area contributed by atoms with Gasteiger partial charge in [0.05, 0.1) is 0 Å². The maximum absolute atomic E-state index is 11.3. The van der Waals surface area contributed by atoms with Crippen LogP contribution in [0.3, 0.4) is 0 Å². The quantitative estimate of drug-likeness (QED) is 0.605. The van der Waals surface area contributed by atoms with Crippen molar-refractivity contribution in [3.63, 3.8) is 0 Å². The lowest BCUT2D eigenvalue weighted by atomic mass is 10.2. The molecule has 2 amide bonds. The Kier molecular flexibility index (Phi) is 4.31. The number of benzene rings is 1. The molecule has 0 aliphatic heterocycles. The van der Waals surface area contributed by atoms with Crippen molar-refractivity contribution in [3.8, 4) is 0 Å². The summed E-state index contributed by atoms with van der Waals surface area (Å²) in [5, 5.41) is 7.02. The van der Waals surface area contributed by atoms with Crippen LogP contribution in [0.1, 0.15) is 19.4 Å². The van der Waals surface area contributed by atoms with Gasteiger partial charge in [-0.25, -0.2) is 10.2 Å². The topological polar surface area (TPSA) is 53.5 Å². The minimum Gasteiger partial charge on any atom is -0.306 e. The third-order valence-corrected chi connectivity index (χ3v) is 2.22. The molecule has 0 aliphatic carbocycles. The van der Waals surface area contributed by atoms with E-state index in [2.05, 4.69) is 15.8 Å². The average molecular weight is 240 g/mol. The largest absolute Gasteiger partial charge is 0.339 e. The smallest absolute Gasteiger partial charge is 0.306 e. The molecule has 16 heavy (non-hydrogen) atoms. The minimum atomic E-state index is -0.388. The minimum absolute atomic E-state index is 0.388. The second kappa shape index (κ2) is 5.51. The average Bonchev–Trinajstić information content (AvgIpc) is 2.21. The molecule has 1 rings (SSSR count). The van der Waals surface area contributed by atoms with E-state index in [1.807, 2.05) is 13.0 Å². The molecule has 1 aromatic carbocycles.